The highest BCUT2D eigenvalue weighted by Crippen LogP contribution is 2.32. The first-order chi connectivity index (χ1) is 17.5. The van der Waals surface area contributed by atoms with Crippen LogP contribution >= 0.6 is 11.3 Å². The van der Waals surface area contributed by atoms with Crippen LogP contribution in [-0.2, 0) is 29.1 Å². The number of hydrogen-bond donors (Lipinski definition) is 0. The second-order valence-electron chi connectivity index (χ2n) is 9.81. The standard InChI is InChI=1S/C28H33N5O2S/c1-20-30-24(19-36-20)15-28(35)31-17-23-5-3-4-6-27(23)32(21(2)34)14-11-25-7-8-26(18-31)33(25)16-22-9-12-29-13-10-22/h3-6,9-10,12-13,19,25-26H,7-8,11,14-18H2,1-2H3. The van der Waals surface area contributed by atoms with Gasteiger partial charge in [-0.15, -0.1) is 11.3 Å². The number of aromatic nitrogens is 2. The van der Waals surface area contributed by atoms with E-state index in [1.807, 2.05) is 58.8 Å². The van der Waals surface area contributed by atoms with E-state index in [1.54, 1.807) is 18.3 Å². The number of aryl methyl sites for hydroxylation is 1. The van der Waals surface area contributed by atoms with Crippen LogP contribution in [0.15, 0.2) is 54.2 Å². The van der Waals surface area contributed by atoms with Crippen LogP contribution in [0.3, 0.4) is 0 Å². The Balaban J connectivity index is 1.49. The highest BCUT2D eigenvalue weighted by atomic mass is 32.1. The van der Waals surface area contributed by atoms with Gasteiger partial charge in [-0.1, -0.05) is 18.2 Å². The van der Waals surface area contributed by atoms with Crippen LogP contribution in [0.4, 0.5) is 5.69 Å². The van der Waals surface area contributed by atoms with Gasteiger partial charge in [-0.05, 0) is 55.5 Å². The lowest BCUT2D eigenvalue weighted by Crippen LogP contribution is -2.45. The van der Waals surface area contributed by atoms with Crippen LogP contribution in [0.2, 0.25) is 0 Å². The number of hydrogen-bond acceptors (Lipinski definition) is 6. The third kappa shape index (κ3) is 5.50. The van der Waals surface area contributed by atoms with Crippen LogP contribution in [0.5, 0.6) is 0 Å². The number of carbonyl (C=O) groups is 2. The SMILES string of the molecule is CC(=O)N1CCC2CCC(CN(C(=O)Cc3csc(C)n3)Cc3ccccc31)N2Cc1ccncc1. The summed E-state index contributed by atoms with van der Waals surface area (Å²) in [6, 6.07) is 12.8. The third-order valence-electron chi connectivity index (χ3n) is 7.38. The lowest BCUT2D eigenvalue weighted by atomic mass is 10.1. The first-order valence-electron chi connectivity index (χ1n) is 12.7. The summed E-state index contributed by atoms with van der Waals surface area (Å²) in [5.74, 6) is 0.115. The van der Waals surface area contributed by atoms with Crippen molar-refractivity contribution in [3.63, 3.8) is 0 Å². The van der Waals surface area contributed by atoms with E-state index in [1.165, 1.54) is 5.56 Å². The maximum absolute atomic E-state index is 13.7. The first kappa shape index (κ1) is 24.6. The molecule has 1 saturated heterocycles. The van der Waals surface area contributed by atoms with Gasteiger partial charge in [0.2, 0.25) is 11.8 Å². The van der Waals surface area contributed by atoms with Crippen molar-refractivity contribution >= 4 is 28.8 Å². The zero-order valence-electron chi connectivity index (χ0n) is 21.0. The quantitative estimate of drug-likeness (QED) is 0.534. The molecule has 2 aliphatic heterocycles. The number of carbonyl (C=O) groups excluding carboxylic acids is 2. The van der Waals surface area contributed by atoms with Gasteiger partial charge in [-0.25, -0.2) is 4.98 Å². The molecule has 5 rings (SSSR count). The highest BCUT2D eigenvalue weighted by molar-refractivity contribution is 7.09. The summed E-state index contributed by atoms with van der Waals surface area (Å²) in [5.41, 5.74) is 3.97. The topological polar surface area (TPSA) is 69.6 Å². The molecule has 0 spiro atoms. The molecule has 2 aliphatic rings. The Labute approximate surface area is 216 Å². The van der Waals surface area contributed by atoms with Crippen molar-refractivity contribution in [2.45, 2.75) is 64.7 Å². The molecule has 0 radical (unpaired) electrons. The van der Waals surface area contributed by atoms with E-state index < -0.39 is 0 Å². The molecule has 8 heteroatoms. The molecule has 2 amide bonds. The molecule has 2 aromatic heterocycles. The number of para-hydroxylation sites is 1. The van der Waals surface area contributed by atoms with Crippen molar-refractivity contribution in [2.24, 2.45) is 0 Å². The van der Waals surface area contributed by atoms with Crippen molar-refractivity contribution in [1.82, 2.24) is 19.8 Å². The average molecular weight is 504 g/mol. The Morgan fingerprint density at radius 3 is 2.58 bits per heavy atom. The third-order valence-corrected chi connectivity index (χ3v) is 8.20. The molecule has 4 heterocycles. The van der Waals surface area contributed by atoms with Crippen molar-refractivity contribution in [2.75, 3.05) is 18.0 Å². The fourth-order valence-electron chi connectivity index (χ4n) is 5.58. The van der Waals surface area contributed by atoms with Crippen molar-refractivity contribution < 1.29 is 9.59 Å². The van der Waals surface area contributed by atoms with Gasteiger partial charge in [0.25, 0.3) is 0 Å². The van der Waals surface area contributed by atoms with Crippen LogP contribution in [-0.4, -0.2) is 56.8 Å². The monoisotopic (exact) mass is 503 g/mol. The smallest absolute Gasteiger partial charge is 0.228 e. The summed E-state index contributed by atoms with van der Waals surface area (Å²) in [4.78, 5) is 41.6. The van der Waals surface area contributed by atoms with E-state index in [4.69, 9.17) is 0 Å². The van der Waals surface area contributed by atoms with Crippen LogP contribution < -0.4 is 4.90 Å². The maximum Gasteiger partial charge on any atom is 0.228 e. The van der Waals surface area contributed by atoms with Gasteiger partial charge in [0.15, 0.2) is 0 Å². The number of nitrogens with zero attached hydrogens (tertiary/aromatic N) is 5. The van der Waals surface area contributed by atoms with Crippen LogP contribution in [0.1, 0.15) is 48.0 Å². The normalized spacial score (nSPS) is 20.6. The van der Waals surface area contributed by atoms with Crippen molar-refractivity contribution in [1.29, 1.82) is 0 Å². The number of fused-ring (bicyclic) bond motifs is 3. The van der Waals surface area contributed by atoms with E-state index >= 15 is 0 Å². The molecule has 2 unspecified atom stereocenters. The lowest BCUT2D eigenvalue weighted by Gasteiger charge is -2.34. The number of benzene rings is 1. The van der Waals surface area contributed by atoms with Crippen LogP contribution in [0, 0.1) is 6.92 Å². The zero-order valence-corrected chi connectivity index (χ0v) is 21.8. The van der Waals surface area contributed by atoms with E-state index in [0.717, 1.165) is 47.8 Å². The Morgan fingerprint density at radius 1 is 1.06 bits per heavy atom. The van der Waals surface area contributed by atoms with Crippen molar-refractivity contribution in [3.05, 3.63) is 76.0 Å². The largest absolute Gasteiger partial charge is 0.336 e. The predicted molar refractivity (Wildman–Crippen MR) is 142 cm³/mol. The minimum Gasteiger partial charge on any atom is -0.336 e. The van der Waals surface area contributed by atoms with E-state index in [-0.39, 0.29) is 17.9 Å². The number of pyridine rings is 1. The highest BCUT2D eigenvalue weighted by Gasteiger charge is 2.36. The zero-order chi connectivity index (χ0) is 25.1. The fourth-order valence-corrected chi connectivity index (χ4v) is 6.19. The molecule has 3 aromatic rings. The Morgan fingerprint density at radius 2 is 1.83 bits per heavy atom. The molecular formula is C28H33N5O2S. The number of rotatable bonds is 4. The Kier molecular flexibility index (Phi) is 7.43. The predicted octanol–water partition coefficient (Wildman–Crippen LogP) is 4.21. The molecule has 0 saturated carbocycles. The molecule has 7 nitrogen and oxygen atoms in total. The van der Waals surface area contributed by atoms with E-state index in [0.29, 0.717) is 32.1 Å². The molecular weight excluding hydrogens is 470 g/mol. The van der Waals surface area contributed by atoms with Crippen LogP contribution in [0.25, 0.3) is 0 Å². The maximum atomic E-state index is 13.7. The molecule has 0 aliphatic carbocycles. The summed E-state index contributed by atoms with van der Waals surface area (Å²) in [7, 11) is 0. The summed E-state index contributed by atoms with van der Waals surface area (Å²) in [6.45, 7) is 6.23. The van der Waals surface area contributed by atoms with E-state index in [9.17, 15) is 9.59 Å². The second kappa shape index (κ2) is 10.9. The number of amides is 2. The minimum absolute atomic E-state index is 0.0350. The van der Waals surface area contributed by atoms with Gasteiger partial charge in [-0.3, -0.25) is 19.5 Å². The van der Waals surface area contributed by atoms with Gasteiger partial charge in [-0.2, -0.15) is 0 Å². The summed E-state index contributed by atoms with van der Waals surface area (Å²) >= 11 is 1.58. The van der Waals surface area contributed by atoms with Gasteiger partial charge in [0.1, 0.15) is 0 Å². The Hall–Kier alpha value is -3.10. The fraction of sp³-hybridized carbons (Fsp3) is 0.429. The Bertz CT molecular complexity index is 1210. The number of anilines is 1. The van der Waals surface area contributed by atoms with Gasteiger partial charge >= 0.3 is 0 Å². The number of thiazole rings is 1. The molecule has 1 fully saturated rings. The summed E-state index contributed by atoms with van der Waals surface area (Å²) in [5, 5.41) is 2.95. The molecule has 1 aromatic carbocycles. The molecule has 0 N–H and O–H groups in total. The minimum atomic E-state index is 0.0350. The second-order valence-corrected chi connectivity index (χ2v) is 10.9. The van der Waals surface area contributed by atoms with E-state index in [2.05, 4.69) is 27.0 Å². The first-order valence-corrected chi connectivity index (χ1v) is 13.6. The summed E-state index contributed by atoms with van der Waals surface area (Å²) in [6.07, 6.45) is 6.98. The summed E-state index contributed by atoms with van der Waals surface area (Å²) < 4.78 is 0. The molecule has 2 atom stereocenters. The average Bonchev–Trinajstić information content (AvgIpc) is 3.44. The van der Waals surface area contributed by atoms with Gasteiger partial charge in [0.05, 0.1) is 17.1 Å². The van der Waals surface area contributed by atoms with Crippen molar-refractivity contribution in [3.8, 4) is 0 Å². The van der Waals surface area contributed by atoms with Gasteiger partial charge < -0.3 is 9.80 Å². The lowest BCUT2D eigenvalue weighted by molar-refractivity contribution is -0.132. The molecule has 188 valence electrons. The molecule has 36 heavy (non-hydrogen) atoms. The molecule has 2 bridgehead atoms. The van der Waals surface area contributed by atoms with Gasteiger partial charge in [0, 0.05) is 68.6 Å².